The fourth-order valence-electron chi connectivity index (χ4n) is 0.958. The predicted octanol–water partition coefficient (Wildman–Crippen LogP) is 2.00. The maximum absolute atomic E-state index is 11.1. The third-order valence-corrected chi connectivity index (χ3v) is 4.45. The van der Waals surface area contributed by atoms with Crippen LogP contribution in [-0.4, -0.2) is 13.3 Å². The molecule has 0 heterocycles. The van der Waals surface area contributed by atoms with Crippen LogP contribution in [0.4, 0.5) is 5.69 Å². The van der Waals surface area contributed by atoms with Crippen molar-refractivity contribution in [3.05, 3.63) is 31.4 Å². The van der Waals surface area contributed by atoms with Gasteiger partial charge in [-0.1, -0.05) is 0 Å². The van der Waals surface area contributed by atoms with Gasteiger partial charge in [-0.3, -0.25) is 10.1 Å². The van der Waals surface area contributed by atoms with Crippen LogP contribution in [0.2, 0.25) is 0 Å². The smallest absolute Gasteiger partial charge is 0.258 e. The van der Waals surface area contributed by atoms with Gasteiger partial charge in [-0.15, -0.1) is 0 Å². The van der Waals surface area contributed by atoms with Crippen molar-refractivity contribution in [3.63, 3.8) is 0 Å². The van der Waals surface area contributed by atoms with E-state index in [1.165, 1.54) is 22.6 Å². The van der Waals surface area contributed by atoms with E-state index in [2.05, 4.69) is 0 Å². The van der Waals surface area contributed by atoms with Crippen LogP contribution in [0.3, 0.4) is 0 Å². The number of nitrogens with zero attached hydrogens (tertiary/aromatic N) is 2. The molecule has 0 fully saturated rings. The summed E-state index contributed by atoms with van der Waals surface area (Å²) in [4.78, 5) is 9.42. The molecule has 6 nitrogen and oxygen atoms in total. The third kappa shape index (κ3) is 2.60. The van der Waals surface area contributed by atoms with Gasteiger partial charge in [-0.25, -0.2) is 8.42 Å². The second-order valence-corrected chi connectivity index (χ2v) is 6.23. The molecule has 1 aromatic carbocycles. The van der Waals surface area contributed by atoms with E-state index < -0.39 is 24.6 Å². The Bertz CT molecular complexity index is 608. The molecule has 1 aromatic rings. The van der Waals surface area contributed by atoms with Gasteiger partial charge in [0.05, 0.1) is 16.6 Å². The SMILES string of the molecule is N#Cc1cc([N+](=O)[O-])c(I)c(S(=O)(=O)Cl)c1. The monoisotopic (exact) mass is 372 g/mol. The van der Waals surface area contributed by atoms with Gasteiger partial charge in [0.15, 0.2) is 0 Å². The van der Waals surface area contributed by atoms with Crippen molar-refractivity contribution in [1.29, 1.82) is 5.26 Å². The van der Waals surface area contributed by atoms with Gasteiger partial charge >= 0.3 is 0 Å². The van der Waals surface area contributed by atoms with Crippen molar-refractivity contribution < 1.29 is 13.3 Å². The topological polar surface area (TPSA) is 101 Å². The molecule has 0 saturated carbocycles. The van der Waals surface area contributed by atoms with E-state index in [9.17, 15) is 18.5 Å². The Morgan fingerprint density at radius 2 is 2.06 bits per heavy atom. The van der Waals surface area contributed by atoms with Crippen LogP contribution in [0.5, 0.6) is 0 Å². The summed E-state index contributed by atoms with van der Waals surface area (Å²) < 4.78 is 22.1. The van der Waals surface area contributed by atoms with Crippen LogP contribution in [0.1, 0.15) is 5.56 Å². The first kappa shape index (κ1) is 13.1. The number of halogens is 2. The summed E-state index contributed by atoms with van der Waals surface area (Å²) in [6, 6.07) is 3.62. The van der Waals surface area contributed by atoms with Crippen LogP contribution in [-0.2, 0) is 9.05 Å². The molecular formula is C7H2ClIN2O4S. The lowest BCUT2D eigenvalue weighted by Crippen LogP contribution is -2.00. The van der Waals surface area contributed by atoms with Gasteiger partial charge in [0.1, 0.15) is 8.47 Å². The zero-order chi connectivity index (χ0) is 12.5. The summed E-state index contributed by atoms with van der Waals surface area (Å²) in [6.07, 6.45) is 0. The first-order chi connectivity index (χ1) is 7.27. The summed E-state index contributed by atoms with van der Waals surface area (Å²) >= 11 is 1.50. The number of nitro benzene ring substituents is 1. The highest BCUT2D eigenvalue weighted by atomic mass is 127. The molecular weight excluding hydrogens is 371 g/mol. The van der Waals surface area contributed by atoms with E-state index in [4.69, 9.17) is 15.9 Å². The van der Waals surface area contributed by atoms with E-state index in [-0.39, 0.29) is 9.13 Å². The Hall–Kier alpha value is -0.920. The van der Waals surface area contributed by atoms with E-state index in [1.54, 1.807) is 6.07 Å². The molecule has 0 bridgehead atoms. The number of nitro groups is 1. The Labute approximate surface area is 109 Å². The Morgan fingerprint density at radius 1 is 1.50 bits per heavy atom. The largest absolute Gasteiger partial charge is 0.285 e. The second-order valence-electron chi connectivity index (χ2n) is 2.61. The average molecular weight is 373 g/mol. The van der Waals surface area contributed by atoms with E-state index >= 15 is 0 Å². The lowest BCUT2D eigenvalue weighted by atomic mass is 10.2. The lowest BCUT2D eigenvalue weighted by molar-refractivity contribution is -0.386. The first-order valence-electron chi connectivity index (χ1n) is 3.60. The molecule has 0 aliphatic heterocycles. The Kier molecular flexibility index (Phi) is 3.72. The number of benzene rings is 1. The Balaban J connectivity index is 3.72. The van der Waals surface area contributed by atoms with Crippen molar-refractivity contribution in [1.82, 2.24) is 0 Å². The van der Waals surface area contributed by atoms with Gasteiger partial charge in [0, 0.05) is 16.7 Å². The van der Waals surface area contributed by atoms with Gasteiger partial charge < -0.3 is 0 Å². The normalized spacial score (nSPS) is 10.8. The molecule has 16 heavy (non-hydrogen) atoms. The molecule has 0 aromatic heterocycles. The minimum absolute atomic E-state index is 0.114. The van der Waals surface area contributed by atoms with Crippen LogP contribution >= 0.6 is 33.3 Å². The highest BCUT2D eigenvalue weighted by molar-refractivity contribution is 14.1. The number of hydrogen-bond donors (Lipinski definition) is 0. The number of rotatable bonds is 2. The highest BCUT2D eigenvalue weighted by Gasteiger charge is 2.24. The van der Waals surface area contributed by atoms with Gasteiger partial charge in [0.2, 0.25) is 0 Å². The summed E-state index contributed by atoms with van der Waals surface area (Å²) in [5, 5.41) is 19.2. The molecule has 0 N–H and O–H groups in total. The maximum Gasteiger partial charge on any atom is 0.285 e. The van der Waals surface area contributed by atoms with Crippen LogP contribution in [0.15, 0.2) is 17.0 Å². The average Bonchev–Trinajstić information content (AvgIpc) is 2.15. The number of nitriles is 1. The minimum Gasteiger partial charge on any atom is -0.258 e. The van der Waals surface area contributed by atoms with E-state index in [1.807, 2.05) is 0 Å². The third-order valence-electron chi connectivity index (χ3n) is 1.61. The van der Waals surface area contributed by atoms with Crippen molar-refractivity contribution in [3.8, 4) is 6.07 Å². The van der Waals surface area contributed by atoms with Crippen molar-refractivity contribution in [2.24, 2.45) is 0 Å². The minimum atomic E-state index is -4.11. The van der Waals surface area contributed by atoms with Gasteiger partial charge in [-0.05, 0) is 28.7 Å². The fourth-order valence-corrected chi connectivity index (χ4v) is 3.68. The molecule has 0 spiro atoms. The van der Waals surface area contributed by atoms with E-state index in [0.717, 1.165) is 12.1 Å². The maximum atomic E-state index is 11.1. The molecule has 0 aliphatic rings. The molecule has 0 amide bonds. The molecule has 84 valence electrons. The molecule has 0 aliphatic carbocycles. The zero-order valence-corrected chi connectivity index (χ0v) is 11.1. The summed E-state index contributed by atoms with van der Waals surface area (Å²) in [7, 11) is 0.992. The van der Waals surface area contributed by atoms with Crippen molar-refractivity contribution in [2.75, 3.05) is 0 Å². The highest BCUT2D eigenvalue weighted by Crippen LogP contribution is 2.31. The molecule has 1 rings (SSSR count). The molecule has 9 heteroatoms. The molecule has 0 atom stereocenters. The number of hydrogen-bond acceptors (Lipinski definition) is 5. The van der Waals surface area contributed by atoms with E-state index in [0.29, 0.717) is 0 Å². The van der Waals surface area contributed by atoms with Crippen molar-refractivity contribution >= 4 is 48.0 Å². The second kappa shape index (κ2) is 4.52. The summed E-state index contributed by atoms with van der Waals surface area (Å²) in [6.45, 7) is 0. The standard InChI is InChI=1S/C7H2ClIN2O4S/c8-16(14,15)6-2-4(3-10)1-5(7(6)9)11(12)13/h1-2H. The Morgan fingerprint density at radius 3 is 2.44 bits per heavy atom. The lowest BCUT2D eigenvalue weighted by Gasteiger charge is -2.02. The van der Waals surface area contributed by atoms with Gasteiger partial charge in [0.25, 0.3) is 14.7 Å². The predicted molar refractivity (Wildman–Crippen MR) is 63.6 cm³/mol. The van der Waals surface area contributed by atoms with Crippen LogP contribution in [0, 0.1) is 25.0 Å². The summed E-state index contributed by atoms with van der Waals surface area (Å²) in [5.41, 5.74) is -0.592. The van der Waals surface area contributed by atoms with Crippen LogP contribution in [0.25, 0.3) is 0 Å². The first-order valence-corrected chi connectivity index (χ1v) is 6.99. The quantitative estimate of drug-likeness (QED) is 0.342. The molecule has 0 unspecified atom stereocenters. The zero-order valence-electron chi connectivity index (χ0n) is 7.35. The summed E-state index contributed by atoms with van der Waals surface area (Å²) in [5.74, 6) is 0. The fraction of sp³-hybridized carbons (Fsp3) is 0. The molecule has 0 saturated heterocycles. The van der Waals surface area contributed by atoms with Gasteiger partial charge in [-0.2, -0.15) is 5.26 Å². The molecule has 0 radical (unpaired) electrons. The van der Waals surface area contributed by atoms with Crippen LogP contribution < -0.4 is 0 Å². The van der Waals surface area contributed by atoms with Crippen molar-refractivity contribution in [2.45, 2.75) is 4.90 Å².